The fraction of sp³-hybridized carbons (Fsp3) is 0.667. The number of piperidine rings is 1. The molecule has 7 nitrogen and oxygen atoms in total. The normalized spacial score (nSPS) is 15.5. The van der Waals surface area contributed by atoms with Crippen LogP contribution in [0.5, 0.6) is 11.5 Å². The molecule has 1 aliphatic heterocycles. The maximum atomic E-state index is 5.93. The Hall–Kier alpha value is -1.99. The lowest BCUT2D eigenvalue weighted by molar-refractivity contribution is 0.00991. The molecule has 7 heteroatoms. The maximum absolute atomic E-state index is 5.93. The van der Waals surface area contributed by atoms with Crippen molar-refractivity contribution in [2.75, 3.05) is 60.7 Å². The lowest BCUT2D eigenvalue weighted by Crippen LogP contribution is -2.47. The Bertz CT molecular complexity index is 557. The van der Waals surface area contributed by atoms with Gasteiger partial charge in [-0.25, -0.2) is 0 Å². The summed E-state index contributed by atoms with van der Waals surface area (Å²) in [4.78, 5) is 6.72. The molecular formula is C21H35N3O4. The van der Waals surface area contributed by atoms with Gasteiger partial charge in [0.25, 0.3) is 0 Å². The van der Waals surface area contributed by atoms with E-state index in [0.717, 1.165) is 76.0 Å². The minimum Gasteiger partial charge on any atom is -0.497 e. The molecule has 1 aromatic rings. The van der Waals surface area contributed by atoms with E-state index in [0.29, 0.717) is 12.7 Å². The molecule has 158 valence electrons. The first kappa shape index (κ1) is 22.3. The molecular weight excluding hydrogens is 358 g/mol. The predicted molar refractivity (Wildman–Crippen MR) is 112 cm³/mol. The van der Waals surface area contributed by atoms with Gasteiger partial charge in [0.2, 0.25) is 0 Å². The molecule has 1 saturated heterocycles. The first-order valence-electron chi connectivity index (χ1n) is 10.1. The average Bonchev–Trinajstić information content (AvgIpc) is 2.75. The molecule has 1 fully saturated rings. The van der Waals surface area contributed by atoms with Crippen LogP contribution in [0.15, 0.2) is 29.3 Å². The quantitative estimate of drug-likeness (QED) is 0.354. The van der Waals surface area contributed by atoms with Gasteiger partial charge in [0.15, 0.2) is 5.96 Å². The van der Waals surface area contributed by atoms with Crippen molar-refractivity contribution in [1.82, 2.24) is 10.2 Å². The van der Waals surface area contributed by atoms with E-state index in [9.17, 15) is 0 Å². The van der Waals surface area contributed by atoms with Gasteiger partial charge in [-0.3, -0.25) is 4.99 Å². The molecule has 1 heterocycles. The van der Waals surface area contributed by atoms with Crippen molar-refractivity contribution < 1.29 is 18.9 Å². The number of hydrogen-bond acceptors (Lipinski definition) is 5. The van der Waals surface area contributed by atoms with Crippen molar-refractivity contribution >= 4 is 5.96 Å². The summed E-state index contributed by atoms with van der Waals surface area (Å²) >= 11 is 0. The van der Waals surface area contributed by atoms with E-state index in [4.69, 9.17) is 18.9 Å². The molecule has 1 aromatic carbocycles. The number of nitrogens with one attached hydrogen (secondary N) is 1. The van der Waals surface area contributed by atoms with Crippen LogP contribution in [-0.2, 0) is 9.47 Å². The summed E-state index contributed by atoms with van der Waals surface area (Å²) in [6, 6.07) is 7.65. The fourth-order valence-electron chi connectivity index (χ4n) is 3.15. The minimum absolute atomic E-state index is 0.351. The Balaban J connectivity index is 1.58. The van der Waals surface area contributed by atoms with Crippen LogP contribution >= 0.6 is 0 Å². The summed E-state index contributed by atoms with van der Waals surface area (Å²) in [5.74, 6) is 2.65. The first-order valence-corrected chi connectivity index (χ1v) is 10.1. The molecule has 1 aliphatic rings. The van der Waals surface area contributed by atoms with Crippen LogP contribution < -0.4 is 14.8 Å². The maximum Gasteiger partial charge on any atom is 0.193 e. The van der Waals surface area contributed by atoms with Crippen LogP contribution in [0.3, 0.4) is 0 Å². The van der Waals surface area contributed by atoms with Crippen molar-refractivity contribution in [3.8, 4) is 11.5 Å². The zero-order chi connectivity index (χ0) is 20.0. The van der Waals surface area contributed by atoms with Gasteiger partial charge in [0.05, 0.1) is 19.8 Å². The highest BCUT2D eigenvalue weighted by molar-refractivity contribution is 5.79. The first-order chi connectivity index (χ1) is 13.8. The molecule has 1 N–H and O–H groups in total. The standard InChI is InChI=1S/C21H35N3O4/c1-22-21(24-13-10-20(11-14-24)28-17-5-15-25-2)23-12-4-16-27-19-8-6-18(26-3)7-9-19/h6-9,20H,4-5,10-17H2,1-3H3,(H,22,23). The van der Waals surface area contributed by atoms with Crippen LogP contribution in [0.25, 0.3) is 0 Å². The number of aliphatic imine (C=N–C) groups is 1. The summed E-state index contributed by atoms with van der Waals surface area (Å²) < 4.78 is 21.9. The molecule has 0 aliphatic carbocycles. The summed E-state index contributed by atoms with van der Waals surface area (Å²) in [6.45, 7) is 4.97. The van der Waals surface area contributed by atoms with Gasteiger partial charge >= 0.3 is 0 Å². The van der Waals surface area contributed by atoms with E-state index in [1.54, 1.807) is 14.2 Å². The van der Waals surface area contributed by atoms with Crippen LogP contribution in [0, 0.1) is 0 Å². The molecule has 0 spiro atoms. The van der Waals surface area contributed by atoms with E-state index in [1.165, 1.54) is 0 Å². The number of nitrogens with zero attached hydrogens (tertiary/aromatic N) is 2. The smallest absolute Gasteiger partial charge is 0.193 e. The molecule has 0 radical (unpaired) electrons. The van der Waals surface area contributed by atoms with Crippen LogP contribution in [-0.4, -0.2) is 77.7 Å². The van der Waals surface area contributed by atoms with E-state index >= 15 is 0 Å². The number of ether oxygens (including phenoxy) is 4. The van der Waals surface area contributed by atoms with Crippen LogP contribution in [0.4, 0.5) is 0 Å². The molecule has 0 unspecified atom stereocenters. The SMILES string of the molecule is CN=C(NCCCOc1ccc(OC)cc1)N1CCC(OCCCOC)CC1. The molecule has 0 saturated carbocycles. The van der Waals surface area contributed by atoms with E-state index in [2.05, 4.69) is 15.2 Å². The molecule has 28 heavy (non-hydrogen) atoms. The number of guanidine groups is 1. The van der Waals surface area contributed by atoms with Gasteiger partial charge in [0.1, 0.15) is 11.5 Å². The van der Waals surface area contributed by atoms with E-state index in [-0.39, 0.29) is 0 Å². The van der Waals surface area contributed by atoms with Gasteiger partial charge in [-0.2, -0.15) is 0 Å². The van der Waals surface area contributed by atoms with Crippen LogP contribution in [0.2, 0.25) is 0 Å². The second kappa shape index (κ2) is 13.2. The second-order valence-electron chi connectivity index (χ2n) is 6.76. The number of methoxy groups -OCH3 is 2. The molecule has 0 bridgehead atoms. The second-order valence-corrected chi connectivity index (χ2v) is 6.76. The third kappa shape index (κ3) is 7.94. The van der Waals surface area contributed by atoms with Crippen molar-refractivity contribution in [2.24, 2.45) is 4.99 Å². The Kier molecular flexibility index (Phi) is 10.5. The highest BCUT2D eigenvalue weighted by atomic mass is 16.5. The largest absolute Gasteiger partial charge is 0.497 e. The zero-order valence-electron chi connectivity index (χ0n) is 17.5. The van der Waals surface area contributed by atoms with Gasteiger partial charge in [-0.1, -0.05) is 0 Å². The zero-order valence-corrected chi connectivity index (χ0v) is 17.5. The van der Waals surface area contributed by atoms with E-state index in [1.807, 2.05) is 31.3 Å². The van der Waals surface area contributed by atoms with E-state index < -0.39 is 0 Å². The van der Waals surface area contributed by atoms with Crippen molar-refractivity contribution in [3.05, 3.63) is 24.3 Å². The Morgan fingerprint density at radius 3 is 2.39 bits per heavy atom. The van der Waals surface area contributed by atoms with Gasteiger partial charge in [-0.15, -0.1) is 0 Å². The van der Waals surface area contributed by atoms with Crippen molar-refractivity contribution in [3.63, 3.8) is 0 Å². The molecule has 2 rings (SSSR count). The number of likely N-dealkylation sites (tertiary alicyclic amines) is 1. The molecule has 0 amide bonds. The minimum atomic E-state index is 0.351. The summed E-state index contributed by atoms with van der Waals surface area (Å²) in [5.41, 5.74) is 0. The lowest BCUT2D eigenvalue weighted by Gasteiger charge is -2.34. The summed E-state index contributed by atoms with van der Waals surface area (Å²) in [7, 11) is 5.22. The topological polar surface area (TPSA) is 64.6 Å². The lowest BCUT2D eigenvalue weighted by atomic mass is 10.1. The molecule has 0 atom stereocenters. The van der Waals surface area contributed by atoms with Gasteiger partial charge in [-0.05, 0) is 49.9 Å². The monoisotopic (exact) mass is 393 g/mol. The Morgan fingerprint density at radius 1 is 1.04 bits per heavy atom. The highest BCUT2D eigenvalue weighted by Crippen LogP contribution is 2.17. The number of hydrogen-bond donors (Lipinski definition) is 1. The average molecular weight is 394 g/mol. The third-order valence-electron chi connectivity index (χ3n) is 4.73. The van der Waals surface area contributed by atoms with Gasteiger partial charge in [0, 0.05) is 47.0 Å². The Morgan fingerprint density at radius 2 is 1.75 bits per heavy atom. The summed E-state index contributed by atoms with van der Waals surface area (Å²) in [5, 5.41) is 3.44. The fourth-order valence-corrected chi connectivity index (χ4v) is 3.15. The number of benzene rings is 1. The summed E-state index contributed by atoms with van der Waals surface area (Å²) in [6.07, 6.45) is 4.29. The highest BCUT2D eigenvalue weighted by Gasteiger charge is 2.21. The van der Waals surface area contributed by atoms with Crippen LogP contribution in [0.1, 0.15) is 25.7 Å². The van der Waals surface area contributed by atoms with Crippen molar-refractivity contribution in [2.45, 2.75) is 31.8 Å². The van der Waals surface area contributed by atoms with Gasteiger partial charge < -0.3 is 29.2 Å². The third-order valence-corrected chi connectivity index (χ3v) is 4.73. The number of rotatable bonds is 11. The predicted octanol–water partition coefficient (Wildman–Crippen LogP) is 2.56. The molecule has 0 aromatic heterocycles. The Labute approximate surface area is 169 Å². The van der Waals surface area contributed by atoms with Crippen molar-refractivity contribution in [1.29, 1.82) is 0 Å².